The quantitative estimate of drug-likeness (QED) is 0.863. The molecule has 0 aliphatic rings. The van der Waals surface area contributed by atoms with Crippen molar-refractivity contribution in [2.45, 2.75) is 6.04 Å². The van der Waals surface area contributed by atoms with Crippen LogP contribution in [0.2, 0.25) is 0 Å². The number of nitrogens with two attached hydrogens (primary N) is 1. The number of hydrogen-bond donors (Lipinski definition) is 2. The highest BCUT2D eigenvalue weighted by Crippen LogP contribution is 2.22. The van der Waals surface area contributed by atoms with Gasteiger partial charge in [0.2, 0.25) is 0 Å². The Kier molecular flexibility index (Phi) is 5.48. The molecule has 5 heteroatoms. The molecule has 2 nitrogen and oxygen atoms in total. The normalized spacial score (nSPS) is 12.0. The molecule has 0 unspecified atom stereocenters. The van der Waals surface area contributed by atoms with E-state index in [9.17, 15) is 4.39 Å². The van der Waals surface area contributed by atoms with Crippen molar-refractivity contribution in [2.24, 2.45) is 5.73 Å². The molecule has 0 heterocycles. The van der Waals surface area contributed by atoms with Gasteiger partial charge in [0.1, 0.15) is 5.82 Å². The van der Waals surface area contributed by atoms with Crippen molar-refractivity contribution < 1.29 is 9.50 Å². The molecular formula is C8H10BrClFNO. The summed E-state index contributed by atoms with van der Waals surface area (Å²) in [6, 6.07) is 3.68. The minimum absolute atomic E-state index is 0. The number of hydrogen-bond acceptors (Lipinski definition) is 2. The van der Waals surface area contributed by atoms with Crippen molar-refractivity contribution in [3.05, 3.63) is 34.1 Å². The van der Waals surface area contributed by atoms with E-state index in [4.69, 9.17) is 10.8 Å². The molecule has 0 amide bonds. The van der Waals surface area contributed by atoms with E-state index in [1.165, 1.54) is 12.1 Å². The predicted octanol–water partition coefficient (Wildman–Crippen LogP) is 2.00. The van der Waals surface area contributed by atoms with Crippen molar-refractivity contribution in [3.8, 4) is 0 Å². The highest BCUT2D eigenvalue weighted by molar-refractivity contribution is 9.10. The van der Waals surface area contributed by atoms with Crippen molar-refractivity contribution in [2.75, 3.05) is 6.61 Å². The van der Waals surface area contributed by atoms with Crippen LogP contribution in [0.15, 0.2) is 22.7 Å². The standard InChI is InChI=1S/C8H9BrFNO.ClH/c9-7-2-1-5(10)3-6(7)8(11)4-12;/h1-3,8,12H,4,11H2;1H/t8-;/m1./s1. The topological polar surface area (TPSA) is 46.2 Å². The van der Waals surface area contributed by atoms with E-state index in [-0.39, 0.29) is 24.8 Å². The molecule has 0 bridgehead atoms. The minimum atomic E-state index is -0.532. The first-order valence-electron chi connectivity index (χ1n) is 3.46. The third-order valence-corrected chi connectivity index (χ3v) is 2.28. The Morgan fingerprint density at radius 2 is 2.15 bits per heavy atom. The van der Waals surface area contributed by atoms with Crippen LogP contribution < -0.4 is 5.73 Å². The first-order valence-corrected chi connectivity index (χ1v) is 4.26. The largest absolute Gasteiger partial charge is 0.394 e. The average Bonchev–Trinajstić information content (AvgIpc) is 2.08. The first-order chi connectivity index (χ1) is 5.65. The fraction of sp³-hybridized carbons (Fsp3) is 0.250. The summed E-state index contributed by atoms with van der Waals surface area (Å²) in [6.45, 7) is -0.192. The maximum Gasteiger partial charge on any atom is 0.123 e. The molecule has 0 aromatic heterocycles. The van der Waals surface area contributed by atoms with Crippen LogP contribution in [-0.2, 0) is 0 Å². The van der Waals surface area contributed by atoms with Crippen molar-refractivity contribution in [1.82, 2.24) is 0 Å². The zero-order chi connectivity index (χ0) is 9.14. The van der Waals surface area contributed by atoms with Gasteiger partial charge in [-0.3, -0.25) is 0 Å². The molecule has 13 heavy (non-hydrogen) atoms. The summed E-state index contributed by atoms with van der Waals surface area (Å²) in [7, 11) is 0. The number of benzene rings is 1. The lowest BCUT2D eigenvalue weighted by Crippen LogP contribution is -2.15. The van der Waals surface area contributed by atoms with E-state index >= 15 is 0 Å². The molecule has 1 aromatic carbocycles. The fourth-order valence-electron chi connectivity index (χ4n) is 0.897. The molecule has 0 aliphatic carbocycles. The van der Waals surface area contributed by atoms with Gasteiger partial charge in [0.15, 0.2) is 0 Å². The Labute approximate surface area is 90.5 Å². The van der Waals surface area contributed by atoms with E-state index in [0.717, 1.165) is 0 Å². The molecule has 1 aromatic rings. The molecular weight excluding hydrogens is 260 g/mol. The Bertz CT molecular complexity index is 285. The zero-order valence-corrected chi connectivity index (χ0v) is 9.11. The molecule has 0 aliphatic heterocycles. The van der Waals surface area contributed by atoms with Crippen LogP contribution in [0.5, 0.6) is 0 Å². The summed E-state index contributed by atoms with van der Waals surface area (Å²) in [4.78, 5) is 0. The molecule has 74 valence electrons. The molecule has 0 spiro atoms. The van der Waals surface area contributed by atoms with Gasteiger partial charge in [0, 0.05) is 4.47 Å². The zero-order valence-electron chi connectivity index (χ0n) is 6.71. The number of halogens is 3. The van der Waals surface area contributed by atoms with Crippen molar-refractivity contribution >= 4 is 28.3 Å². The van der Waals surface area contributed by atoms with Gasteiger partial charge in [-0.05, 0) is 23.8 Å². The van der Waals surface area contributed by atoms with Crippen LogP contribution in [0.4, 0.5) is 4.39 Å². The molecule has 0 radical (unpaired) electrons. The Hall–Kier alpha value is -0.160. The highest BCUT2D eigenvalue weighted by Gasteiger charge is 2.08. The maximum absolute atomic E-state index is 12.7. The smallest absolute Gasteiger partial charge is 0.123 e. The Morgan fingerprint density at radius 3 is 2.69 bits per heavy atom. The van der Waals surface area contributed by atoms with Gasteiger partial charge in [-0.2, -0.15) is 0 Å². The fourth-order valence-corrected chi connectivity index (χ4v) is 1.44. The number of aliphatic hydroxyl groups excluding tert-OH is 1. The van der Waals surface area contributed by atoms with E-state index in [0.29, 0.717) is 10.0 Å². The van der Waals surface area contributed by atoms with Crippen LogP contribution in [-0.4, -0.2) is 11.7 Å². The summed E-state index contributed by atoms with van der Waals surface area (Å²) < 4.78 is 13.4. The van der Waals surface area contributed by atoms with Gasteiger partial charge >= 0.3 is 0 Å². The Morgan fingerprint density at radius 1 is 1.54 bits per heavy atom. The summed E-state index contributed by atoms with van der Waals surface area (Å²) in [5.41, 5.74) is 6.10. The van der Waals surface area contributed by atoms with Gasteiger partial charge in [0.25, 0.3) is 0 Å². The second-order valence-corrected chi connectivity index (χ2v) is 3.31. The lowest BCUT2D eigenvalue weighted by atomic mass is 10.1. The van der Waals surface area contributed by atoms with Gasteiger partial charge in [-0.25, -0.2) is 4.39 Å². The van der Waals surface area contributed by atoms with Gasteiger partial charge in [-0.1, -0.05) is 15.9 Å². The van der Waals surface area contributed by atoms with Crippen LogP contribution >= 0.6 is 28.3 Å². The summed E-state index contributed by atoms with van der Waals surface area (Å²) in [5, 5.41) is 8.74. The lowest BCUT2D eigenvalue weighted by molar-refractivity contribution is 0.267. The highest BCUT2D eigenvalue weighted by atomic mass is 79.9. The summed E-state index contributed by atoms with van der Waals surface area (Å²) in [6.07, 6.45) is 0. The summed E-state index contributed by atoms with van der Waals surface area (Å²) >= 11 is 3.21. The molecule has 0 fully saturated rings. The van der Waals surface area contributed by atoms with Gasteiger partial charge in [0.05, 0.1) is 12.6 Å². The van der Waals surface area contributed by atoms with Crippen LogP contribution in [0.25, 0.3) is 0 Å². The molecule has 3 N–H and O–H groups in total. The third kappa shape index (κ3) is 3.23. The number of aliphatic hydroxyl groups is 1. The molecule has 0 saturated heterocycles. The van der Waals surface area contributed by atoms with Crippen LogP contribution in [0.3, 0.4) is 0 Å². The van der Waals surface area contributed by atoms with Crippen molar-refractivity contribution in [3.63, 3.8) is 0 Å². The van der Waals surface area contributed by atoms with E-state index < -0.39 is 6.04 Å². The monoisotopic (exact) mass is 269 g/mol. The third-order valence-electron chi connectivity index (χ3n) is 1.55. The predicted molar refractivity (Wildman–Crippen MR) is 55.4 cm³/mol. The average molecular weight is 271 g/mol. The SMILES string of the molecule is Cl.N[C@H](CO)c1cc(F)ccc1Br. The van der Waals surface area contributed by atoms with Gasteiger partial charge < -0.3 is 10.8 Å². The number of rotatable bonds is 2. The van der Waals surface area contributed by atoms with Crippen molar-refractivity contribution in [1.29, 1.82) is 0 Å². The Balaban J connectivity index is 0.00000144. The van der Waals surface area contributed by atoms with E-state index in [1.807, 2.05) is 0 Å². The second-order valence-electron chi connectivity index (χ2n) is 2.45. The molecule has 1 rings (SSSR count). The van der Waals surface area contributed by atoms with Gasteiger partial charge in [-0.15, -0.1) is 12.4 Å². The lowest BCUT2D eigenvalue weighted by Gasteiger charge is -2.10. The molecule has 0 saturated carbocycles. The second kappa shape index (κ2) is 5.54. The maximum atomic E-state index is 12.7. The summed E-state index contributed by atoms with van der Waals surface area (Å²) in [5.74, 6) is -0.350. The first kappa shape index (κ1) is 12.8. The molecule has 1 atom stereocenters. The van der Waals surface area contributed by atoms with E-state index in [2.05, 4.69) is 15.9 Å². The van der Waals surface area contributed by atoms with Crippen LogP contribution in [0.1, 0.15) is 11.6 Å². The minimum Gasteiger partial charge on any atom is -0.394 e. The van der Waals surface area contributed by atoms with E-state index in [1.54, 1.807) is 6.07 Å². The van der Waals surface area contributed by atoms with Crippen LogP contribution in [0, 0.1) is 5.82 Å².